The van der Waals surface area contributed by atoms with E-state index in [0.29, 0.717) is 11.9 Å². The van der Waals surface area contributed by atoms with Gasteiger partial charge in [-0.2, -0.15) is 0 Å². The second kappa shape index (κ2) is 3.16. The number of halogens is 2. The van der Waals surface area contributed by atoms with Crippen molar-refractivity contribution in [3.05, 3.63) is 11.9 Å². The SMILES string of the molecule is CC(=CF)CCl. The van der Waals surface area contributed by atoms with E-state index in [0.717, 1.165) is 0 Å². The number of hydrogen-bond donors (Lipinski definition) is 0. The van der Waals surface area contributed by atoms with Crippen LogP contribution in [0.3, 0.4) is 0 Å². The molecule has 0 saturated heterocycles. The maximum absolute atomic E-state index is 11.1. The lowest BCUT2D eigenvalue weighted by molar-refractivity contribution is 0.710. The fourth-order valence-electron chi connectivity index (χ4n) is 0.0292. The van der Waals surface area contributed by atoms with Crippen molar-refractivity contribution in [1.82, 2.24) is 0 Å². The lowest BCUT2D eigenvalue weighted by atomic mass is 10.4. The van der Waals surface area contributed by atoms with Gasteiger partial charge in [0, 0.05) is 5.88 Å². The highest BCUT2D eigenvalue weighted by molar-refractivity contribution is 6.19. The highest BCUT2D eigenvalue weighted by atomic mass is 35.5. The van der Waals surface area contributed by atoms with E-state index in [2.05, 4.69) is 0 Å². The molecular formula is C4H6ClF. The van der Waals surface area contributed by atoms with Gasteiger partial charge in [0.1, 0.15) is 0 Å². The molecule has 0 saturated carbocycles. The van der Waals surface area contributed by atoms with Crippen LogP contribution in [0.25, 0.3) is 0 Å². The lowest BCUT2D eigenvalue weighted by Crippen LogP contribution is -1.69. The first-order valence-corrected chi connectivity index (χ1v) is 2.16. The van der Waals surface area contributed by atoms with Crippen LogP contribution in [0.5, 0.6) is 0 Å². The first-order valence-electron chi connectivity index (χ1n) is 1.63. The first-order chi connectivity index (χ1) is 2.81. The van der Waals surface area contributed by atoms with Crippen LogP contribution < -0.4 is 0 Å². The molecule has 0 amide bonds. The molecule has 0 aliphatic rings. The van der Waals surface area contributed by atoms with Crippen molar-refractivity contribution in [3.8, 4) is 0 Å². The number of allylic oxidation sites excluding steroid dienone is 1. The Morgan fingerprint density at radius 1 is 2.00 bits per heavy atom. The third-order valence-corrected chi connectivity index (χ3v) is 0.819. The van der Waals surface area contributed by atoms with E-state index in [1.54, 1.807) is 6.92 Å². The van der Waals surface area contributed by atoms with Crippen molar-refractivity contribution in [1.29, 1.82) is 0 Å². The third-order valence-electron chi connectivity index (χ3n) is 0.397. The Kier molecular flexibility index (Phi) is 3.14. The van der Waals surface area contributed by atoms with Gasteiger partial charge >= 0.3 is 0 Å². The van der Waals surface area contributed by atoms with Crippen LogP contribution >= 0.6 is 11.6 Å². The molecule has 0 rings (SSSR count). The van der Waals surface area contributed by atoms with E-state index >= 15 is 0 Å². The monoisotopic (exact) mass is 108 g/mol. The highest BCUT2D eigenvalue weighted by Gasteiger charge is 1.78. The molecular weight excluding hydrogens is 102 g/mol. The van der Waals surface area contributed by atoms with Crippen LogP contribution in [-0.2, 0) is 0 Å². The van der Waals surface area contributed by atoms with E-state index < -0.39 is 0 Å². The van der Waals surface area contributed by atoms with Crippen LogP contribution in [0.15, 0.2) is 11.9 Å². The second-order valence-electron chi connectivity index (χ2n) is 1.09. The molecule has 0 fully saturated rings. The summed E-state index contributed by atoms with van der Waals surface area (Å²) in [6.45, 7) is 1.63. The van der Waals surface area contributed by atoms with E-state index in [1.165, 1.54) is 0 Å². The quantitative estimate of drug-likeness (QED) is 0.452. The summed E-state index contributed by atoms with van der Waals surface area (Å²) >= 11 is 5.14. The molecule has 0 bridgehead atoms. The number of rotatable bonds is 1. The molecule has 36 valence electrons. The molecule has 0 aliphatic carbocycles. The second-order valence-corrected chi connectivity index (χ2v) is 1.36. The van der Waals surface area contributed by atoms with Crippen LogP contribution in [0.2, 0.25) is 0 Å². The number of hydrogen-bond acceptors (Lipinski definition) is 0. The fraction of sp³-hybridized carbons (Fsp3) is 0.500. The molecule has 0 atom stereocenters. The molecule has 0 N–H and O–H groups in total. The van der Waals surface area contributed by atoms with Crippen molar-refractivity contribution in [3.63, 3.8) is 0 Å². The van der Waals surface area contributed by atoms with Gasteiger partial charge in [0.25, 0.3) is 0 Å². The van der Waals surface area contributed by atoms with Crippen LogP contribution in [0.4, 0.5) is 4.39 Å². The average molecular weight is 109 g/mol. The van der Waals surface area contributed by atoms with Gasteiger partial charge in [-0.25, -0.2) is 4.39 Å². The summed E-state index contributed by atoms with van der Waals surface area (Å²) in [5, 5.41) is 0. The third kappa shape index (κ3) is 2.21. The summed E-state index contributed by atoms with van der Waals surface area (Å²) in [5.74, 6) is 0.288. The maximum Gasteiger partial charge on any atom is 0.0868 e. The number of alkyl halides is 1. The van der Waals surface area contributed by atoms with Gasteiger partial charge in [-0.3, -0.25) is 0 Å². The van der Waals surface area contributed by atoms with E-state index in [1.807, 2.05) is 0 Å². The van der Waals surface area contributed by atoms with Crippen molar-refractivity contribution in [2.24, 2.45) is 0 Å². The molecule has 0 aromatic carbocycles. The summed E-state index contributed by atoms with van der Waals surface area (Å²) < 4.78 is 11.1. The zero-order valence-electron chi connectivity index (χ0n) is 3.54. The minimum absolute atomic E-state index is 0.288. The van der Waals surface area contributed by atoms with Crippen LogP contribution in [0.1, 0.15) is 6.92 Å². The Morgan fingerprint density at radius 3 is 2.50 bits per heavy atom. The average Bonchev–Trinajstić information content (AvgIpc) is 1.65. The van der Waals surface area contributed by atoms with Crippen molar-refractivity contribution >= 4 is 11.6 Å². The topological polar surface area (TPSA) is 0 Å². The summed E-state index contributed by atoms with van der Waals surface area (Å²) in [4.78, 5) is 0. The standard InChI is InChI=1S/C4H6ClF/c1-4(2-5)3-6/h3H,2H2,1H3. The van der Waals surface area contributed by atoms with Gasteiger partial charge in [-0.15, -0.1) is 11.6 Å². The lowest BCUT2D eigenvalue weighted by Gasteiger charge is -1.80. The van der Waals surface area contributed by atoms with E-state index in [9.17, 15) is 4.39 Å². The predicted octanol–water partition coefficient (Wildman–Crippen LogP) is 2.10. The zero-order valence-corrected chi connectivity index (χ0v) is 4.30. The normalized spacial score (nSPS) is 12.2. The summed E-state index contributed by atoms with van der Waals surface area (Å²) in [6, 6.07) is 0. The Bertz CT molecular complexity index is 58.6. The zero-order chi connectivity index (χ0) is 4.99. The summed E-state index contributed by atoms with van der Waals surface area (Å²) in [7, 11) is 0. The Morgan fingerprint density at radius 2 is 2.50 bits per heavy atom. The van der Waals surface area contributed by atoms with Crippen molar-refractivity contribution in [2.75, 3.05) is 5.88 Å². The Hall–Kier alpha value is -0.0400. The van der Waals surface area contributed by atoms with Crippen LogP contribution in [0, 0.1) is 0 Å². The van der Waals surface area contributed by atoms with Gasteiger partial charge in [-0.1, -0.05) is 0 Å². The molecule has 0 unspecified atom stereocenters. The first kappa shape index (κ1) is 5.96. The van der Waals surface area contributed by atoms with Gasteiger partial charge in [0.2, 0.25) is 0 Å². The van der Waals surface area contributed by atoms with Gasteiger partial charge in [-0.05, 0) is 12.5 Å². The van der Waals surface area contributed by atoms with Gasteiger partial charge in [0.15, 0.2) is 0 Å². The predicted molar refractivity (Wildman–Crippen MR) is 25.6 cm³/mol. The molecule has 0 aromatic rings. The van der Waals surface area contributed by atoms with Gasteiger partial charge in [0.05, 0.1) is 6.33 Å². The van der Waals surface area contributed by atoms with Gasteiger partial charge < -0.3 is 0 Å². The molecule has 0 aromatic heterocycles. The van der Waals surface area contributed by atoms with E-state index in [-0.39, 0.29) is 5.88 Å². The molecule has 0 heterocycles. The maximum atomic E-state index is 11.1. The fourth-order valence-corrected chi connectivity index (χ4v) is 0.0875. The molecule has 0 spiro atoms. The van der Waals surface area contributed by atoms with E-state index in [4.69, 9.17) is 11.6 Å². The van der Waals surface area contributed by atoms with Crippen molar-refractivity contribution in [2.45, 2.75) is 6.92 Å². The minimum atomic E-state index is 0.288. The molecule has 0 aliphatic heterocycles. The molecule has 0 radical (unpaired) electrons. The largest absolute Gasteiger partial charge is 0.216 e. The van der Waals surface area contributed by atoms with Crippen molar-refractivity contribution < 1.29 is 4.39 Å². The summed E-state index contributed by atoms with van der Waals surface area (Å²) in [5.41, 5.74) is 0.566. The smallest absolute Gasteiger partial charge is 0.0868 e. The van der Waals surface area contributed by atoms with Crippen LogP contribution in [-0.4, -0.2) is 5.88 Å². The minimum Gasteiger partial charge on any atom is -0.216 e. The Balaban J connectivity index is 3.22. The Labute approximate surface area is 41.6 Å². The highest BCUT2D eigenvalue weighted by Crippen LogP contribution is 1.93. The molecule has 2 heteroatoms. The molecule has 6 heavy (non-hydrogen) atoms. The summed E-state index contributed by atoms with van der Waals surface area (Å²) in [6.07, 6.45) is 0.507. The molecule has 0 nitrogen and oxygen atoms in total.